The second-order valence-electron chi connectivity index (χ2n) is 7.47. The summed E-state index contributed by atoms with van der Waals surface area (Å²) in [6.07, 6.45) is 1.83. The van der Waals surface area contributed by atoms with Crippen molar-refractivity contribution < 1.29 is 14.4 Å². The number of fused-ring (bicyclic) bond motifs is 1. The number of quaternary nitrogens is 1. The van der Waals surface area contributed by atoms with Gasteiger partial charge in [0, 0.05) is 19.0 Å². The molecule has 2 heterocycles. The molecule has 0 saturated heterocycles. The van der Waals surface area contributed by atoms with Gasteiger partial charge in [-0.25, -0.2) is 5.43 Å². The summed E-state index contributed by atoms with van der Waals surface area (Å²) in [5.74, 6) is -0.565. The Kier molecular flexibility index (Phi) is 5.03. The Labute approximate surface area is 162 Å². The fourth-order valence-electron chi connectivity index (χ4n) is 3.49. The molecule has 2 aromatic rings. The molecule has 3 rings (SSSR count). The topological polar surface area (TPSA) is 107 Å². The minimum Gasteiger partial charge on any atom is -0.494 e. The van der Waals surface area contributed by atoms with E-state index in [1.165, 1.54) is 24.9 Å². The van der Waals surface area contributed by atoms with E-state index in [-0.39, 0.29) is 29.0 Å². The second kappa shape index (κ2) is 7.29. The molecule has 1 aromatic carbocycles. The Hall–Kier alpha value is -3.44. The maximum Gasteiger partial charge on any atom is 0.298 e. The second-order valence-corrected chi connectivity index (χ2v) is 7.47. The van der Waals surface area contributed by atoms with E-state index in [9.17, 15) is 14.7 Å². The number of nitrogens with zero attached hydrogens (tertiary/aromatic N) is 4. The minimum atomic E-state index is -0.596. The maximum atomic E-state index is 12.7. The van der Waals surface area contributed by atoms with E-state index < -0.39 is 5.56 Å². The molecule has 0 spiro atoms. The van der Waals surface area contributed by atoms with Gasteiger partial charge in [-0.1, -0.05) is 24.3 Å². The molecule has 144 valence electrons. The molecule has 0 radical (unpaired) electrons. The number of rotatable bonds is 3. The van der Waals surface area contributed by atoms with E-state index in [0.717, 1.165) is 16.7 Å². The first-order valence-corrected chi connectivity index (χ1v) is 8.80. The fourth-order valence-corrected chi connectivity index (χ4v) is 3.49. The lowest BCUT2D eigenvalue weighted by Gasteiger charge is -2.40. The molecule has 0 saturated carbocycles. The van der Waals surface area contributed by atoms with Crippen LogP contribution in [0.3, 0.4) is 0 Å². The number of pyridine rings is 1. The van der Waals surface area contributed by atoms with Crippen molar-refractivity contribution in [1.29, 1.82) is 5.26 Å². The van der Waals surface area contributed by atoms with Crippen LogP contribution < -0.4 is 11.0 Å². The number of hydrazone groups is 1. The summed E-state index contributed by atoms with van der Waals surface area (Å²) in [6.45, 7) is 0.741. The first-order chi connectivity index (χ1) is 13.2. The fraction of sp³-hybridized carbons (Fsp3) is 0.300. The zero-order valence-corrected chi connectivity index (χ0v) is 16.0. The number of benzene rings is 1. The Balaban J connectivity index is 1.79. The highest BCUT2D eigenvalue weighted by molar-refractivity contribution is 5.86. The van der Waals surface area contributed by atoms with Crippen molar-refractivity contribution in [1.82, 2.24) is 9.99 Å². The van der Waals surface area contributed by atoms with Crippen molar-refractivity contribution in [3.05, 3.63) is 62.9 Å². The number of nitriles is 1. The van der Waals surface area contributed by atoms with Crippen LogP contribution in [0.4, 0.5) is 0 Å². The Morgan fingerprint density at radius 1 is 1.39 bits per heavy atom. The summed E-state index contributed by atoms with van der Waals surface area (Å²) in [5, 5.41) is 23.0. The van der Waals surface area contributed by atoms with Crippen LogP contribution in [0.5, 0.6) is 5.88 Å². The van der Waals surface area contributed by atoms with Gasteiger partial charge < -0.3 is 9.59 Å². The highest BCUT2D eigenvalue weighted by Gasteiger charge is 2.39. The smallest absolute Gasteiger partial charge is 0.298 e. The average molecular weight is 380 g/mol. The lowest BCUT2D eigenvalue weighted by molar-refractivity contribution is -0.921. The average Bonchev–Trinajstić information content (AvgIpc) is 2.66. The van der Waals surface area contributed by atoms with Crippen LogP contribution >= 0.6 is 0 Å². The Morgan fingerprint density at radius 2 is 2.07 bits per heavy atom. The third kappa shape index (κ3) is 3.52. The molecule has 8 nitrogen and oxygen atoms in total. The first kappa shape index (κ1) is 19.3. The number of aromatic hydroxyl groups is 1. The van der Waals surface area contributed by atoms with Crippen molar-refractivity contribution in [2.75, 3.05) is 14.1 Å². The van der Waals surface area contributed by atoms with Crippen molar-refractivity contribution in [2.45, 2.75) is 19.0 Å². The van der Waals surface area contributed by atoms with E-state index in [2.05, 4.69) is 16.6 Å². The van der Waals surface area contributed by atoms with E-state index in [1.54, 1.807) is 6.07 Å². The van der Waals surface area contributed by atoms with Gasteiger partial charge in [0.15, 0.2) is 6.04 Å². The van der Waals surface area contributed by atoms with Gasteiger partial charge >= 0.3 is 0 Å². The van der Waals surface area contributed by atoms with Crippen LogP contribution in [0.2, 0.25) is 0 Å². The largest absolute Gasteiger partial charge is 0.494 e. The molecular weight excluding hydrogens is 358 g/mol. The molecular formula is C20H22N5O3+. The van der Waals surface area contributed by atoms with Gasteiger partial charge in [-0.05, 0) is 11.6 Å². The summed E-state index contributed by atoms with van der Waals surface area (Å²) >= 11 is 0. The molecule has 8 heteroatoms. The predicted molar refractivity (Wildman–Crippen MR) is 104 cm³/mol. The summed E-state index contributed by atoms with van der Waals surface area (Å²) in [6, 6.07) is 10.8. The van der Waals surface area contributed by atoms with Crippen molar-refractivity contribution in [3.8, 4) is 11.9 Å². The molecule has 0 bridgehead atoms. The van der Waals surface area contributed by atoms with Gasteiger partial charge in [-0.3, -0.25) is 14.2 Å². The Bertz CT molecular complexity index is 1060. The summed E-state index contributed by atoms with van der Waals surface area (Å²) in [7, 11) is 5.36. The number of amides is 1. The van der Waals surface area contributed by atoms with Crippen LogP contribution in [0.15, 0.2) is 40.2 Å². The maximum absolute atomic E-state index is 12.7. The summed E-state index contributed by atoms with van der Waals surface area (Å²) < 4.78 is 1.46. The number of carbonyl (C=O) groups excluding carboxylic acids is 1. The van der Waals surface area contributed by atoms with Crippen molar-refractivity contribution >= 4 is 12.1 Å². The lowest BCUT2D eigenvalue weighted by Crippen LogP contribution is -2.58. The first-order valence-electron chi connectivity index (χ1n) is 8.80. The summed E-state index contributed by atoms with van der Waals surface area (Å²) in [5.41, 5.74) is 4.36. The highest BCUT2D eigenvalue weighted by atomic mass is 16.3. The van der Waals surface area contributed by atoms with Crippen LogP contribution in [0, 0.1) is 11.3 Å². The van der Waals surface area contributed by atoms with Gasteiger partial charge in [0.1, 0.15) is 18.2 Å². The number of carbonyl (C=O) groups is 1. The standard InChI is InChI=1S/C20H21N5O3/c1-24-19(27)15(10-21)8-16(20(24)28)11-22-23-18(26)17-9-13-6-4-5-7-14(13)12-25(17,2)3/h4-8,11,17H,9,12H2,1-3H3,(H-,22,23,26,27,28)/p+1. The van der Waals surface area contributed by atoms with E-state index in [0.29, 0.717) is 10.9 Å². The molecule has 0 fully saturated rings. The number of aromatic nitrogens is 1. The minimum absolute atomic E-state index is 0.116. The third-order valence-electron chi connectivity index (χ3n) is 5.17. The quantitative estimate of drug-likeness (QED) is 0.462. The zero-order valence-electron chi connectivity index (χ0n) is 16.0. The van der Waals surface area contributed by atoms with Crippen LogP contribution in [0.1, 0.15) is 22.3 Å². The number of nitrogens with one attached hydrogen (secondary N) is 1. The number of hydrogen-bond donors (Lipinski definition) is 2. The van der Waals surface area contributed by atoms with Gasteiger partial charge in [-0.2, -0.15) is 10.4 Å². The van der Waals surface area contributed by atoms with Crippen molar-refractivity contribution in [3.63, 3.8) is 0 Å². The normalized spacial score (nSPS) is 17.7. The third-order valence-corrected chi connectivity index (χ3v) is 5.17. The van der Waals surface area contributed by atoms with Gasteiger partial charge in [0.2, 0.25) is 5.88 Å². The van der Waals surface area contributed by atoms with Crippen LogP contribution in [-0.4, -0.2) is 46.4 Å². The SMILES string of the molecule is Cn1c(O)c(/C=N/NC(=O)C2Cc3ccccc3C[N+]2(C)C)cc(C#N)c1=O. The molecule has 1 unspecified atom stereocenters. The molecule has 1 aromatic heterocycles. The van der Waals surface area contributed by atoms with E-state index in [4.69, 9.17) is 5.26 Å². The van der Waals surface area contributed by atoms with E-state index >= 15 is 0 Å². The number of hydrogen-bond acceptors (Lipinski definition) is 5. The van der Waals surface area contributed by atoms with Gasteiger partial charge in [0.25, 0.3) is 11.5 Å². The molecule has 1 aliphatic heterocycles. The highest BCUT2D eigenvalue weighted by Crippen LogP contribution is 2.27. The molecule has 1 aliphatic rings. The monoisotopic (exact) mass is 380 g/mol. The zero-order chi connectivity index (χ0) is 20.5. The summed E-state index contributed by atoms with van der Waals surface area (Å²) in [4.78, 5) is 24.5. The van der Waals surface area contributed by atoms with Gasteiger partial charge in [-0.15, -0.1) is 0 Å². The molecule has 1 amide bonds. The number of likely N-dealkylation sites (N-methyl/N-ethyl adjacent to an activating group) is 1. The molecule has 28 heavy (non-hydrogen) atoms. The predicted octanol–water partition coefficient (Wildman–Crippen LogP) is 0.614. The van der Waals surface area contributed by atoms with Crippen LogP contribution in [0.25, 0.3) is 0 Å². The van der Waals surface area contributed by atoms with E-state index in [1.807, 2.05) is 32.3 Å². The van der Waals surface area contributed by atoms with Crippen molar-refractivity contribution in [2.24, 2.45) is 12.1 Å². The van der Waals surface area contributed by atoms with Crippen LogP contribution in [-0.2, 0) is 24.8 Å². The van der Waals surface area contributed by atoms with Gasteiger partial charge in [0.05, 0.1) is 25.9 Å². The molecule has 2 N–H and O–H groups in total. The molecule has 0 aliphatic carbocycles. The Morgan fingerprint density at radius 3 is 2.75 bits per heavy atom. The molecule has 1 atom stereocenters. The lowest BCUT2D eigenvalue weighted by atomic mass is 9.92.